The molecule has 0 aromatic carbocycles. The number of nitrogens with one attached hydrogen (secondary N) is 1. The van der Waals surface area contributed by atoms with Gasteiger partial charge in [0, 0.05) is 18.4 Å². The Kier molecular flexibility index (Phi) is 7.16. The average molecular weight is 291 g/mol. The zero-order chi connectivity index (χ0) is 15.9. The van der Waals surface area contributed by atoms with Gasteiger partial charge in [0.2, 0.25) is 5.91 Å². The second-order valence-electron chi connectivity index (χ2n) is 5.26. The zero-order valence-corrected chi connectivity index (χ0v) is 11.5. The van der Waals surface area contributed by atoms with Gasteiger partial charge in [-0.15, -0.1) is 0 Å². The van der Waals surface area contributed by atoms with Gasteiger partial charge < -0.3 is 25.7 Å². The number of aliphatic carboxylic acids is 2. The molecule has 1 unspecified atom stereocenters. The minimum atomic E-state index is -1.48. The van der Waals surface area contributed by atoms with E-state index < -0.39 is 41.9 Å². The minimum Gasteiger partial charge on any atom is -0.481 e. The Labute approximate surface area is 116 Å². The Balaban J connectivity index is 4.44. The zero-order valence-electron chi connectivity index (χ0n) is 11.5. The van der Waals surface area contributed by atoms with Crippen LogP contribution in [0.3, 0.4) is 0 Å². The summed E-state index contributed by atoms with van der Waals surface area (Å²) in [6, 6.07) is 0. The third-order valence-electron chi connectivity index (χ3n) is 2.97. The highest BCUT2D eigenvalue weighted by molar-refractivity contribution is 5.82. The lowest BCUT2D eigenvalue weighted by atomic mass is 9.87. The number of hydrogen-bond donors (Lipinski definition) is 5. The van der Waals surface area contributed by atoms with E-state index in [1.54, 1.807) is 0 Å². The Morgan fingerprint density at radius 2 is 1.75 bits per heavy atom. The quantitative estimate of drug-likeness (QED) is 0.368. The first kappa shape index (κ1) is 18.3. The van der Waals surface area contributed by atoms with Crippen molar-refractivity contribution in [3.8, 4) is 0 Å². The third kappa shape index (κ3) is 5.98. The fraction of sp³-hybridized carbons (Fsp3) is 0.750. The van der Waals surface area contributed by atoms with E-state index in [0.29, 0.717) is 0 Å². The molecule has 5 N–H and O–H groups in total. The van der Waals surface area contributed by atoms with Crippen LogP contribution in [0.15, 0.2) is 0 Å². The number of aliphatic hydroxyl groups excluding tert-OH is 2. The molecule has 2 atom stereocenters. The first-order chi connectivity index (χ1) is 9.11. The largest absolute Gasteiger partial charge is 0.481 e. The maximum atomic E-state index is 11.6. The minimum absolute atomic E-state index is 0.121. The molecule has 20 heavy (non-hydrogen) atoms. The highest BCUT2D eigenvalue weighted by atomic mass is 16.4. The van der Waals surface area contributed by atoms with Crippen LogP contribution < -0.4 is 5.32 Å². The number of carboxylic acid groups (broad SMARTS) is 2. The van der Waals surface area contributed by atoms with Crippen LogP contribution in [0.5, 0.6) is 0 Å². The number of carboxylic acids is 2. The molecule has 0 heterocycles. The number of carbonyl (C=O) groups is 3. The molecule has 0 saturated carbocycles. The van der Waals surface area contributed by atoms with Crippen LogP contribution >= 0.6 is 0 Å². The number of aliphatic hydroxyl groups is 2. The van der Waals surface area contributed by atoms with Gasteiger partial charge in [0.05, 0.1) is 12.5 Å². The molecule has 0 saturated heterocycles. The van der Waals surface area contributed by atoms with E-state index in [0.717, 1.165) is 0 Å². The standard InChI is InChI=1S/C12H21NO7/c1-12(2,6-14)9(17)10(18)13-5-7(11(19)20)3-4-8(15)16/h7,9,14,17H,3-6H2,1-2H3,(H,13,18)(H,15,16)(H,19,20)/t7?,9-/m0/s1. The van der Waals surface area contributed by atoms with Crippen LogP contribution in [0.2, 0.25) is 0 Å². The molecule has 0 spiro atoms. The van der Waals surface area contributed by atoms with Crippen molar-refractivity contribution in [3.05, 3.63) is 0 Å². The van der Waals surface area contributed by atoms with Gasteiger partial charge in [-0.2, -0.15) is 0 Å². The summed E-state index contributed by atoms with van der Waals surface area (Å²) in [6.07, 6.45) is -1.93. The summed E-state index contributed by atoms with van der Waals surface area (Å²) in [5.41, 5.74) is -1.05. The van der Waals surface area contributed by atoms with Gasteiger partial charge in [0.15, 0.2) is 0 Å². The molecule has 0 aliphatic heterocycles. The lowest BCUT2D eigenvalue weighted by Crippen LogP contribution is -2.47. The molecule has 0 rings (SSSR count). The molecule has 0 aliphatic rings. The van der Waals surface area contributed by atoms with Gasteiger partial charge in [-0.1, -0.05) is 13.8 Å². The van der Waals surface area contributed by atoms with Crippen LogP contribution in [-0.4, -0.2) is 57.5 Å². The summed E-state index contributed by atoms with van der Waals surface area (Å²) in [5, 5.41) is 38.4. The summed E-state index contributed by atoms with van der Waals surface area (Å²) in [5.74, 6) is -4.18. The van der Waals surface area contributed by atoms with Crippen molar-refractivity contribution in [3.63, 3.8) is 0 Å². The number of rotatable bonds is 9. The summed E-state index contributed by atoms with van der Waals surface area (Å²) in [6.45, 7) is 2.27. The second kappa shape index (κ2) is 7.81. The molecule has 0 aliphatic carbocycles. The maximum absolute atomic E-state index is 11.6. The molecule has 116 valence electrons. The van der Waals surface area contributed by atoms with Gasteiger partial charge in [-0.25, -0.2) is 0 Å². The van der Waals surface area contributed by atoms with Crippen molar-refractivity contribution >= 4 is 17.8 Å². The van der Waals surface area contributed by atoms with Gasteiger partial charge >= 0.3 is 11.9 Å². The van der Waals surface area contributed by atoms with Crippen molar-refractivity contribution in [2.24, 2.45) is 11.3 Å². The first-order valence-corrected chi connectivity index (χ1v) is 6.13. The van der Waals surface area contributed by atoms with Gasteiger partial charge in [-0.05, 0) is 6.42 Å². The smallest absolute Gasteiger partial charge is 0.308 e. The number of carbonyl (C=O) groups excluding carboxylic acids is 1. The topological polar surface area (TPSA) is 144 Å². The highest BCUT2D eigenvalue weighted by Crippen LogP contribution is 2.19. The Morgan fingerprint density at radius 1 is 1.20 bits per heavy atom. The molecule has 0 aromatic heterocycles. The van der Waals surface area contributed by atoms with Crippen LogP contribution in [-0.2, 0) is 14.4 Å². The van der Waals surface area contributed by atoms with Crippen molar-refractivity contribution in [2.45, 2.75) is 32.8 Å². The summed E-state index contributed by atoms with van der Waals surface area (Å²) in [4.78, 5) is 32.9. The molecule has 1 amide bonds. The second-order valence-corrected chi connectivity index (χ2v) is 5.26. The van der Waals surface area contributed by atoms with E-state index in [9.17, 15) is 19.5 Å². The van der Waals surface area contributed by atoms with Crippen LogP contribution in [0.4, 0.5) is 0 Å². The summed E-state index contributed by atoms with van der Waals surface area (Å²) in [7, 11) is 0. The Morgan fingerprint density at radius 3 is 2.15 bits per heavy atom. The molecule has 0 aromatic rings. The van der Waals surface area contributed by atoms with Crippen molar-refractivity contribution in [1.29, 1.82) is 0 Å². The summed E-state index contributed by atoms with van der Waals surface area (Å²) >= 11 is 0. The van der Waals surface area contributed by atoms with E-state index in [2.05, 4.69) is 5.32 Å². The SMILES string of the molecule is CC(C)(CO)[C@@H](O)C(=O)NCC(CCC(=O)O)C(=O)O. The fourth-order valence-corrected chi connectivity index (χ4v) is 1.37. The molecule has 0 fully saturated rings. The summed E-state index contributed by atoms with van der Waals surface area (Å²) < 4.78 is 0. The number of hydrogen-bond acceptors (Lipinski definition) is 5. The lowest BCUT2D eigenvalue weighted by Gasteiger charge is -2.27. The van der Waals surface area contributed by atoms with E-state index in [4.69, 9.17) is 15.3 Å². The first-order valence-electron chi connectivity index (χ1n) is 6.13. The maximum Gasteiger partial charge on any atom is 0.308 e. The number of amides is 1. The highest BCUT2D eigenvalue weighted by Gasteiger charge is 2.33. The molecular formula is C12H21NO7. The van der Waals surface area contributed by atoms with E-state index in [-0.39, 0.29) is 19.4 Å². The van der Waals surface area contributed by atoms with Crippen LogP contribution in [0, 0.1) is 11.3 Å². The van der Waals surface area contributed by atoms with Crippen molar-refractivity contribution in [2.75, 3.05) is 13.2 Å². The van der Waals surface area contributed by atoms with E-state index in [1.165, 1.54) is 13.8 Å². The van der Waals surface area contributed by atoms with Gasteiger partial charge in [-0.3, -0.25) is 14.4 Å². The molecule has 8 nitrogen and oxygen atoms in total. The van der Waals surface area contributed by atoms with E-state index in [1.807, 2.05) is 0 Å². The van der Waals surface area contributed by atoms with Gasteiger partial charge in [0.25, 0.3) is 0 Å². The normalized spacial score (nSPS) is 14.4. The predicted molar refractivity (Wildman–Crippen MR) is 67.9 cm³/mol. The fourth-order valence-electron chi connectivity index (χ4n) is 1.37. The molecule has 8 heteroatoms. The van der Waals surface area contributed by atoms with Gasteiger partial charge in [0.1, 0.15) is 6.10 Å². The van der Waals surface area contributed by atoms with Crippen molar-refractivity contribution in [1.82, 2.24) is 5.32 Å². The average Bonchev–Trinajstić information content (AvgIpc) is 2.36. The van der Waals surface area contributed by atoms with E-state index >= 15 is 0 Å². The predicted octanol–water partition coefficient (Wildman–Crippen LogP) is -0.952. The molecule has 0 radical (unpaired) electrons. The third-order valence-corrected chi connectivity index (χ3v) is 2.97. The molecular weight excluding hydrogens is 270 g/mol. The monoisotopic (exact) mass is 291 g/mol. The van der Waals surface area contributed by atoms with Crippen molar-refractivity contribution < 1.29 is 34.8 Å². The Bertz CT molecular complexity index is 367. The Hall–Kier alpha value is -1.67. The lowest BCUT2D eigenvalue weighted by molar-refractivity contribution is -0.143. The van der Waals surface area contributed by atoms with Crippen LogP contribution in [0.1, 0.15) is 26.7 Å². The van der Waals surface area contributed by atoms with Crippen LogP contribution in [0.25, 0.3) is 0 Å². The molecule has 0 bridgehead atoms.